The van der Waals surface area contributed by atoms with Crippen LogP contribution in [0.4, 0.5) is 5.82 Å². The number of hydrogen-bond acceptors (Lipinski definition) is 4. The van der Waals surface area contributed by atoms with Crippen molar-refractivity contribution in [2.75, 3.05) is 18.0 Å². The van der Waals surface area contributed by atoms with Crippen molar-refractivity contribution in [2.24, 2.45) is 5.92 Å². The molecule has 0 spiro atoms. The number of hydrogen-bond donors (Lipinski definition) is 2. The van der Waals surface area contributed by atoms with Crippen molar-refractivity contribution in [1.82, 2.24) is 10.2 Å². The summed E-state index contributed by atoms with van der Waals surface area (Å²) in [4.78, 5) is 14.3. The van der Waals surface area contributed by atoms with E-state index >= 15 is 0 Å². The molecule has 5 nitrogen and oxygen atoms in total. The average Bonchev–Trinajstić information content (AvgIpc) is 3.07. The molecule has 1 atom stereocenters. The Morgan fingerprint density at radius 2 is 2.40 bits per heavy atom. The number of piperidine rings is 1. The summed E-state index contributed by atoms with van der Waals surface area (Å²) in [5, 5.41) is 16.5. The van der Waals surface area contributed by atoms with E-state index in [-0.39, 0.29) is 5.92 Å². The second kappa shape index (κ2) is 5.57. The van der Waals surface area contributed by atoms with Gasteiger partial charge in [-0.2, -0.15) is 5.10 Å². The number of carboxylic acid groups (broad SMARTS) is 1. The fourth-order valence-electron chi connectivity index (χ4n) is 2.45. The number of thiophene rings is 1. The van der Waals surface area contributed by atoms with Crippen molar-refractivity contribution in [1.29, 1.82) is 0 Å². The summed E-state index contributed by atoms with van der Waals surface area (Å²) in [6.07, 6.45) is 1.64. The van der Waals surface area contributed by atoms with Crippen LogP contribution in [-0.2, 0) is 4.79 Å². The predicted molar refractivity (Wildman–Crippen MR) is 82.2 cm³/mol. The minimum atomic E-state index is -0.715. The Bertz CT molecular complexity index is 625. The summed E-state index contributed by atoms with van der Waals surface area (Å²) < 4.78 is 1.08. The second-order valence-corrected chi connectivity index (χ2v) is 7.33. The third-order valence-electron chi connectivity index (χ3n) is 3.50. The van der Waals surface area contributed by atoms with Crippen LogP contribution in [0.15, 0.2) is 22.0 Å². The highest BCUT2D eigenvalue weighted by Gasteiger charge is 2.26. The maximum atomic E-state index is 11.1. The zero-order valence-corrected chi connectivity index (χ0v) is 13.1. The lowest BCUT2D eigenvalue weighted by Crippen LogP contribution is -2.38. The van der Waals surface area contributed by atoms with Gasteiger partial charge in [0.2, 0.25) is 0 Å². The molecule has 0 aromatic carbocycles. The topological polar surface area (TPSA) is 69.2 Å². The van der Waals surface area contributed by atoms with Crippen molar-refractivity contribution in [3.8, 4) is 10.6 Å². The largest absolute Gasteiger partial charge is 0.481 e. The highest BCUT2D eigenvalue weighted by Crippen LogP contribution is 2.32. The van der Waals surface area contributed by atoms with Crippen LogP contribution in [-0.4, -0.2) is 34.4 Å². The molecule has 1 aliphatic rings. The van der Waals surface area contributed by atoms with E-state index < -0.39 is 5.97 Å². The number of carboxylic acids is 1. The van der Waals surface area contributed by atoms with Crippen molar-refractivity contribution in [3.05, 3.63) is 22.0 Å². The van der Waals surface area contributed by atoms with Gasteiger partial charge < -0.3 is 10.0 Å². The van der Waals surface area contributed by atoms with Crippen LogP contribution in [0.25, 0.3) is 10.6 Å². The van der Waals surface area contributed by atoms with Crippen molar-refractivity contribution < 1.29 is 9.90 Å². The molecule has 2 N–H and O–H groups in total. The van der Waals surface area contributed by atoms with Gasteiger partial charge in [0.15, 0.2) is 5.82 Å². The first kappa shape index (κ1) is 13.6. The molecule has 0 aliphatic carbocycles. The Hall–Kier alpha value is -1.34. The van der Waals surface area contributed by atoms with E-state index in [1.807, 2.05) is 23.1 Å². The number of anilines is 1. The van der Waals surface area contributed by atoms with Crippen molar-refractivity contribution >= 4 is 39.1 Å². The minimum Gasteiger partial charge on any atom is -0.481 e. The third kappa shape index (κ3) is 2.73. The van der Waals surface area contributed by atoms with Gasteiger partial charge in [-0.3, -0.25) is 9.89 Å². The van der Waals surface area contributed by atoms with Gasteiger partial charge in [-0.05, 0) is 40.9 Å². The molecule has 3 heterocycles. The Labute approximate surface area is 128 Å². The maximum absolute atomic E-state index is 11.1. The minimum absolute atomic E-state index is 0.292. The number of carbonyl (C=O) groups is 1. The van der Waals surface area contributed by atoms with E-state index in [1.165, 1.54) is 0 Å². The van der Waals surface area contributed by atoms with Crippen molar-refractivity contribution in [3.63, 3.8) is 0 Å². The Morgan fingerprint density at radius 1 is 1.55 bits per heavy atom. The van der Waals surface area contributed by atoms with Gasteiger partial charge in [-0.25, -0.2) is 0 Å². The summed E-state index contributed by atoms with van der Waals surface area (Å²) in [5.74, 6) is -0.178. The second-order valence-electron chi connectivity index (χ2n) is 4.87. The fraction of sp³-hybridized carbons (Fsp3) is 0.385. The lowest BCUT2D eigenvalue weighted by atomic mass is 9.98. The summed E-state index contributed by atoms with van der Waals surface area (Å²) in [7, 11) is 0. The van der Waals surface area contributed by atoms with Gasteiger partial charge in [0.1, 0.15) is 0 Å². The quantitative estimate of drug-likeness (QED) is 0.886. The van der Waals surface area contributed by atoms with E-state index in [0.29, 0.717) is 6.54 Å². The van der Waals surface area contributed by atoms with E-state index in [1.54, 1.807) is 11.3 Å². The highest BCUT2D eigenvalue weighted by atomic mass is 79.9. The molecule has 1 unspecified atom stereocenters. The molecule has 2 aromatic heterocycles. The maximum Gasteiger partial charge on any atom is 0.308 e. The number of aliphatic carboxylic acids is 1. The zero-order chi connectivity index (χ0) is 14.1. The third-order valence-corrected chi connectivity index (χ3v) is 5.15. The first-order valence-corrected chi connectivity index (χ1v) is 8.03. The number of aromatic amines is 1. The van der Waals surface area contributed by atoms with Gasteiger partial charge in [0.05, 0.1) is 20.3 Å². The van der Waals surface area contributed by atoms with E-state index in [2.05, 4.69) is 26.1 Å². The first-order chi connectivity index (χ1) is 9.63. The first-order valence-electron chi connectivity index (χ1n) is 6.42. The van der Waals surface area contributed by atoms with Crippen LogP contribution >= 0.6 is 27.3 Å². The smallest absolute Gasteiger partial charge is 0.308 e. The van der Waals surface area contributed by atoms with Crippen LogP contribution in [0, 0.1) is 5.92 Å². The van der Waals surface area contributed by atoms with E-state index in [9.17, 15) is 4.79 Å². The molecule has 106 valence electrons. The highest BCUT2D eigenvalue weighted by molar-refractivity contribution is 9.11. The molecule has 1 saturated heterocycles. The molecule has 0 saturated carbocycles. The van der Waals surface area contributed by atoms with Gasteiger partial charge in [-0.1, -0.05) is 0 Å². The molecule has 1 aliphatic heterocycles. The van der Waals surface area contributed by atoms with Gasteiger partial charge in [-0.15, -0.1) is 11.3 Å². The average molecular weight is 356 g/mol. The zero-order valence-electron chi connectivity index (χ0n) is 10.7. The van der Waals surface area contributed by atoms with Crippen LogP contribution < -0.4 is 4.90 Å². The fourth-order valence-corrected chi connectivity index (χ4v) is 3.80. The summed E-state index contributed by atoms with van der Waals surface area (Å²) in [6, 6.07) is 6.02. The molecule has 0 bridgehead atoms. The number of aromatic nitrogens is 2. The summed E-state index contributed by atoms with van der Waals surface area (Å²) >= 11 is 5.08. The Morgan fingerprint density at radius 3 is 3.10 bits per heavy atom. The van der Waals surface area contributed by atoms with Gasteiger partial charge >= 0.3 is 5.97 Å². The molecule has 2 aromatic rings. The molecule has 3 rings (SSSR count). The van der Waals surface area contributed by atoms with Gasteiger partial charge in [0.25, 0.3) is 0 Å². The molecule has 0 amide bonds. The van der Waals surface area contributed by atoms with E-state index in [0.717, 1.165) is 39.6 Å². The monoisotopic (exact) mass is 355 g/mol. The van der Waals surface area contributed by atoms with Crippen LogP contribution in [0.3, 0.4) is 0 Å². The number of H-pyrrole nitrogens is 1. The Kier molecular flexibility index (Phi) is 3.80. The number of nitrogens with one attached hydrogen (secondary N) is 1. The van der Waals surface area contributed by atoms with Crippen LogP contribution in [0.5, 0.6) is 0 Å². The molecule has 20 heavy (non-hydrogen) atoms. The molecular formula is C13H14BrN3O2S. The molecular weight excluding hydrogens is 342 g/mol. The predicted octanol–water partition coefficient (Wildman–Crippen LogP) is 3.20. The molecule has 1 fully saturated rings. The number of rotatable bonds is 3. The lowest BCUT2D eigenvalue weighted by Gasteiger charge is -2.30. The van der Waals surface area contributed by atoms with E-state index in [4.69, 9.17) is 5.11 Å². The van der Waals surface area contributed by atoms with Crippen molar-refractivity contribution in [2.45, 2.75) is 12.8 Å². The SMILES string of the molecule is O=C(O)C1CCCN(c2cc(-c3ccc(Br)s3)[nH]n2)C1. The summed E-state index contributed by atoms with van der Waals surface area (Å²) in [6.45, 7) is 1.40. The van der Waals surface area contributed by atoms with Crippen LogP contribution in [0.2, 0.25) is 0 Å². The Balaban J connectivity index is 1.78. The lowest BCUT2D eigenvalue weighted by molar-refractivity contribution is -0.141. The van der Waals surface area contributed by atoms with Gasteiger partial charge in [0, 0.05) is 19.2 Å². The standard InChI is InChI=1S/C13H14BrN3O2S/c14-11-4-3-10(20-11)9-6-12(16-15-9)17-5-1-2-8(7-17)13(18)19/h3-4,6,8H,1-2,5,7H2,(H,15,16)(H,18,19). The molecule has 7 heteroatoms. The molecule has 0 radical (unpaired) electrons. The summed E-state index contributed by atoms with van der Waals surface area (Å²) in [5.41, 5.74) is 0.966. The van der Waals surface area contributed by atoms with Crippen LogP contribution in [0.1, 0.15) is 12.8 Å². The number of nitrogens with zero attached hydrogens (tertiary/aromatic N) is 2. The number of halogens is 1. The normalized spacial score (nSPS) is 19.2.